The van der Waals surface area contributed by atoms with Gasteiger partial charge in [0.15, 0.2) is 0 Å². The Morgan fingerprint density at radius 1 is 0.971 bits per heavy atom. The molecule has 0 unspecified atom stereocenters. The largest absolute Gasteiger partial charge is 0.478 e. The van der Waals surface area contributed by atoms with Crippen molar-refractivity contribution in [3.63, 3.8) is 0 Å². The first-order valence-corrected chi connectivity index (χ1v) is 11.8. The predicted octanol–water partition coefficient (Wildman–Crippen LogP) is 5.93. The SMILES string of the molecule is Cc1c(C(=O)O)ccc(NC(=O)Nc2ccccc2)c1CN1CCC(Cc2ccc(F)cc2)CC1. The number of piperidine rings is 1. The summed E-state index contributed by atoms with van der Waals surface area (Å²) in [6, 6.07) is 18.7. The highest BCUT2D eigenvalue weighted by molar-refractivity contribution is 6.01. The van der Waals surface area contributed by atoms with E-state index in [1.54, 1.807) is 25.1 Å². The zero-order valence-corrected chi connectivity index (χ0v) is 19.8. The van der Waals surface area contributed by atoms with E-state index in [-0.39, 0.29) is 17.4 Å². The highest BCUT2D eigenvalue weighted by Crippen LogP contribution is 2.28. The molecule has 0 saturated carbocycles. The number of likely N-dealkylation sites (tertiary alicyclic amines) is 1. The number of carboxylic acid groups (broad SMARTS) is 1. The highest BCUT2D eigenvalue weighted by Gasteiger charge is 2.23. The van der Waals surface area contributed by atoms with Crippen molar-refractivity contribution >= 4 is 23.4 Å². The van der Waals surface area contributed by atoms with Crippen molar-refractivity contribution in [3.8, 4) is 0 Å². The summed E-state index contributed by atoms with van der Waals surface area (Å²) in [5, 5.41) is 15.3. The predicted molar refractivity (Wildman–Crippen MR) is 135 cm³/mol. The van der Waals surface area contributed by atoms with Gasteiger partial charge in [-0.05, 0) is 98.3 Å². The maximum absolute atomic E-state index is 13.2. The number of amides is 2. The van der Waals surface area contributed by atoms with Crippen LogP contribution in [0.4, 0.5) is 20.6 Å². The summed E-state index contributed by atoms with van der Waals surface area (Å²) >= 11 is 0. The molecule has 3 N–H and O–H groups in total. The Kier molecular flexibility index (Phi) is 7.77. The van der Waals surface area contributed by atoms with Gasteiger partial charge in [0.25, 0.3) is 0 Å². The summed E-state index contributed by atoms with van der Waals surface area (Å²) in [6.45, 7) is 4.09. The summed E-state index contributed by atoms with van der Waals surface area (Å²) in [5.41, 5.74) is 4.13. The van der Waals surface area contributed by atoms with E-state index >= 15 is 0 Å². The second kappa shape index (κ2) is 11.1. The quantitative estimate of drug-likeness (QED) is 0.396. The fraction of sp³-hybridized carbons (Fsp3) is 0.286. The number of urea groups is 1. The van der Waals surface area contributed by atoms with Crippen LogP contribution in [0.5, 0.6) is 0 Å². The van der Waals surface area contributed by atoms with Crippen molar-refractivity contribution in [2.45, 2.75) is 32.7 Å². The third kappa shape index (κ3) is 6.45. The summed E-state index contributed by atoms with van der Waals surface area (Å²) in [6.07, 6.45) is 2.94. The van der Waals surface area contributed by atoms with Crippen LogP contribution in [0.15, 0.2) is 66.7 Å². The Labute approximate surface area is 204 Å². The Bertz CT molecular complexity index is 1170. The topological polar surface area (TPSA) is 81.7 Å². The number of carbonyl (C=O) groups excluding carboxylic acids is 1. The van der Waals surface area contributed by atoms with E-state index in [2.05, 4.69) is 15.5 Å². The number of rotatable bonds is 7. The zero-order valence-electron chi connectivity index (χ0n) is 19.8. The number of halogens is 1. The maximum atomic E-state index is 13.2. The molecule has 2 amide bonds. The van der Waals surface area contributed by atoms with Gasteiger partial charge in [-0.1, -0.05) is 30.3 Å². The highest BCUT2D eigenvalue weighted by atomic mass is 19.1. The number of anilines is 2. The maximum Gasteiger partial charge on any atom is 0.335 e. The second-order valence-electron chi connectivity index (χ2n) is 9.06. The molecule has 6 nitrogen and oxygen atoms in total. The van der Waals surface area contributed by atoms with Crippen molar-refractivity contribution in [2.24, 2.45) is 5.92 Å². The van der Waals surface area contributed by atoms with E-state index in [9.17, 15) is 19.1 Å². The van der Waals surface area contributed by atoms with Crippen molar-refractivity contribution in [2.75, 3.05) is 23.7 Å². The molecule has 4 rings (SSSR count). The van der Waals surface area contributed by atoms with Gasteiger partial charge in [-0.2, -0.15) is 0 Å². The number of carboxylic acids is 1. The van der Waals surface area contributed by atoms with E-state index in [4.69, 9.17) is 0 Å². The van der Waals surface area contributed by atoms with E-state index in [1.165, 1.54) is 18.2 Å². The first-order chi connectivity index (χ1) is 16.9. The number of hydrogen-bond acceptors (Lipinski definition) is 3. The van der Waals surface area contributed by atoms with Crippen LogP contribution >= 0.6 is 0 Å². The molecule has 182 valence electrons. The summed E-state index contributed by atoms with van der Waals surface area (Å²) in [4.78, 5) is 26.7. The van der Waals surface area contributed by atoms with E-state index < -0.39 is 5.97 Å². The number of para-hydroxylation sites is 1. The number of nitrogens with one attached hydrogen (secondary N) is 2. The molecule has 0 spiro atoms. The molecule has 0 aromatic heterocycles. The molecule has 1 aliphatic heterocycles. The standard InChI is InChI=1S/C28H30FN3O3/c1-19-24(27(33)34)11-12-26(31-28(35)30-23-5-3-2-4-6-23)25(19)18-32-15-13-21(14-16-32)17-20-7-9-22(29)10-8-20/h2-12,21H,13-18H2,1H3,(H,33,34)(H2,30,31,35). The number of nitrogens with zero attached hydrogens (tertiary/aromatic N) is 1. The molecule has 1 fully saturated rings. The lowest BCUT2D eigenvalue weighted by Crippen LogP contribution is -2.34. The number of benzene rings is 3. The first-order valence-electron chi connectivity index (χ1n) is 11.8. The molecular weight excluding hydrogens is 445 g/mol. The average molecular weight is 476 g/mol. The van der Waals surface area contributed by atoms with Crippen LogP contribution in [0, 0.1) is 18.7 Å². The van der Waals surface area contributed by atoms with Gasteiger partial charge in [0.05, 0.1) is 5.56 Å². The van der Waals surface area contributed by atoms with E-state index in [0.717, 1.165) is 43.5 Å². The minimum absolute atomic E-state index is 0.218. The Balaban J connectivity index is 1.43. The zero-order chi connectivity index (χ0) is 24.8. The van der Waals surface area contributed by atoms with Crippen molar-refractivity contribution in [1.29, 1.82) is 0 Å². The molecule has 0 bridgehead atoms. The molecule has 3 aromatic carbocycles. The summed E-state index contributed by atoms with van der Waals surface area (Å²) < 4.78 is 13.2. The molecule has 0 aliphatic carbocycles. The molecular formula is C28H30FN3O3. The fourth-order valence-electron chi connectivity index (χ4n) is 4.64. The number of carbonyl (C=O) groups is 2. The van der Waals surface area contributed by atoms with Crippen molar-refractivity contribution in [1.82, 2.24) is 4.90 Å². The van der Waals surface area contributed by atoms with Gasteiger partial charge >= 0.3 is 12.0 Å². The van der Waals surface area contributed by atoms with Crippen molar-refractivity contribution in [3.05, 3.63) is 94.8 Å². The number of hydrogen-bond donors (Lipinski definition) is 3. The Morgan fingerprint density at radius 2 is 1.66 bits per heavy atom. The van der Waals surface area contributed by atoms with Crippen LogP contribution in [-0.4, -0.2) is 35.1 Å². The van der Waals surface area contributed by atoms with Crippen LogP contribution in [0.1, 0.15) is 39.9 Å². The molecule has 35 heavy (non-hydrogen) atoms. The third-order valence-electron chi connectivity index (χ3n) is 6.64. The normalized spacial score (nSPS) is 14.5. The molecule has 0 radical (unpaired) electrons. The van der Waals surface area contributed by atoms with Gasteiger partial charge in [0, 0.05) is 17.9 Å². The summed E-state index contributed by atoms with van der Waals surface area (Å²) in [7, 11) is 0. The molecule has 1 aliphatic rings. The molecule has 1 heterocycles. The minimum Gasteiger partial charge on any atom is -0.478 e. The van der Waals surface area contributed by atoms with Crippen LogP contribution in [0.2, 0.25) is 0 Å². The fourth-order valence-corrected chi connectivity index (χ4v) is 4.64. The lowest BCUT2D eigenvalue weighted by atomic mass is 9.89. The van der Waals surface area contributed by atoms with Gasteiger partial charge in [0.2, 0.25) is 0 Å². The van der Waals surface area contributed by atoms with Crippen LogP contribution in [-0.2, 0) is 13.0 Å². The molecule has 0 atom stereocenters. The van der Waals surface area contributed by atoms with Gasteiger partial charge in [0.1, 0.15) is 5.82 Å². The van der Waals surface area contributed by atoms with E-state index in [0.29, 0.717) is 29.4 Å². The smallest absolute Gasteiger partial charge is 0.335 e. The van der Waals surface area contributed by atoms with Crippen LogP contribution < -0.4 is 10.6 Å². The first kappa shape index (κ1) is 24.4. The van der Waals surface area contributed by atoms with Gasteiger partial charge in [-0.3, -0.25) is 4.90 Å². The summed E-state index contributed by atoms with van der Waals surface area (Å²) in [5.74, 6) is -0.677. The molecule has 3 aromatic rings. The molecule has 1 saturated heterocycles. The minimum atomic E-state index is -0.984. The lowest BCUT2D eigenvalue weighted by Gasteiger charge is -2.33. The average Bonchev–Trinajstić information content (AvgIpc) is 2.84. The van der Waals surface area contributed by atoms with Crippen LogP contribution in [0.25, 0.3) is 0 Å². The van der Waals surface area contributed by atoms with Gasteiger partial charge in [-0.15, -0.1) is 0 Å². The third-order valence-corrected chi connectivity index (χ3v) is 6.64. The van der Waals surface area contributed by atoms with Crippen LogP contribution in [0.3, 0.4) is 0 Å². The number of aromatic carboxylic acids is 1. The van der Waals surface area contributed by atoms with Crippen molar-refractivity contribution < 1.29 is 19.1 Å². The van der Waals surface area contributed by atoms with Gasteiger partial charge in [-0.25, -0.2) is 14.0 Å². The Morgan fingerprint density at radius 3 is 2.31 bits per heavy atom. The van der Waals surface area contributed by atoms with Gasteiger partial charge < -0.3 is 15.7 Å². The Hall–Kier alpha value is -3.71. The lowest BCUT2D eigenvalue weighted by molar-refractivity contribution is 0.0696. The second-order valence-corrected chi connectivity index (χ2v) is 9.06. The van der Waals surface area contributed by atoms with E-state index in [1.807, 2.05) is 30.3 Å². The monoisotopic (exact) mass is 475 g/mol. The molecule has 7 heteroatoms.